The minimum atomic E-state index is -2.92. The summed E-state index contributed by atoms with van der Waals surface area (Å²) in [4.78, 5) is 7.01. The molecule has 0 aliphatic carbocycles. The van der Waals surface area contributed by atoms with Gasteiger partial charge in [0, 0.05) is 11.7 Å². The quantitative estimate of drug-likeness (QED) is 0.177. The fourth-order valence-electron chi connectivity index (χ4n) is 8.09. The average molecular weight is 825 g/mol. The van der Waals surface area contributed by atoms with Gasteiger partial charge in [-0.2, -0.15) is 52.8 Å². The van der Waals surface area contributed by atoms with E-state index in [4.69, 9.17) is 9.64 Å². The van der Waals surface area contributed by atoms with Crippen LogP contribution in [-0.2, 0) is 21.1 Å². The number of para-hydroxylation sites is 3. The van der Waals surface area contributed by atoms with E-state index < -0.39 is 8.07 Å². The molecule has 0 unspecified atom stereocenters. The molecule has 0 fully saturated rings. The second-order valence-corrected chi connectivity index (χ2v) is 16.2. The van der Waals surface area contributed by atoms with Crippen molar-refractivity contribution in [3.8, 4) is 22.7 Å². The minimum Gasteiger partial charge on any atom is -0.537 e. The normalized spacial score (nSPS) is 13.9. The molecule has 8 aromatic rings. The zero-order chi connectivity index (χ0) is 31.8. The van der Waals surface area contributed by atoms with Crippen molar-refractivity contribution in [1.82, 2.24) is 9.55 Å². The van der Waals surface area contributed by atoms with Crippen molar-refractivity contribution in [3.63, 3.8) is 0 Å². The standard InChI is InChI=1S/C42H28BN3OSi.Pt/c1-45-37-19-6-7-20-39(37)47-43(45)29-13-12-14-30(27-29)48(40-21-8-3-16-34(40)35-17-4-9-22-41(35)48)31-24-25-33-32-15-2-5-18-36(32)46(38(33)28-31)42-23-10-11-26-44-42;/h2-26H,1H3;/q-2;+2. The monoisotopic (exact) mass is 824 g/mol. The molecule has 0 bridgehead atoms. The molecule has 10 rings (SSSR count). The van der Waals surface area contributed by atoms with Gasteiger partial charge in [0.25, 0.3) is 0 Å². The maximum absolute atomic E-state index is 6.55. The van der Waals surface area contributed by atoms with Crippen LogP contribution in [0, 0.1) is 12.1 Å². The van der Waals surface area contributed by atoms with Gasteiger partial charge in [-0.25, -0.2) is 4.98 Å². The van der Waals surface area contributed by atoms with Crippen LogP contribution in [0.1, 0.15) is 0 Å². The van der Waals surface area contributed by atoms with Gasteiger partial charge in [0.2, 0.25) is 0 Å². The summed E-state index contributed by atoms with van der Waals surface area (Å²) in [6, 6.07) is 60.2. The first kappa shape index (κ1) is 29.9. The number of rotatable bonds is 4. The third-order valence-electron chi connectivity index (χ3n) is 10.1. The number of hydrogen-bond donors (Lipinski definition) is 0. The number of pyridine rings is 1. The van der Waals surface area contributed by atoms with Gasteiger partial charge in [-0.1, -0.05) is 90.4 Å². The number of aromatic nitrogens is 2. The third-order valence-corrected chi connectivity index (χ3v) is 14.8. The molecule has 0 amide bonds. The molecular formula is C42H28BN3OPtSi. The van der Waals surface area contributed by atoms with E-state index in [2.05, 4.69) is 150 Å². The van der Waals surface area contributed by atoms with Gasteiger partial charge >= 0.3 is 28.1 Å². The van der Waals surface area contributed by atoms with Crippen LogP contribution in [-0.4, -0.2) is 31.7 Å². The first-order valence-corrected chi connectivity index (χ1v) is 18.3. The summed E-state index contributed by atoms with van der Waals surface area (Å²) >= 11 is 0. The molecule has 0 saturated heterocycles. The molecule has 49 heavy (non-hydrogen) atoms. The van der Waals surface area contributed by atoms with Crippen molar-refractivity contribution in [2.45, 2.75) is 0 Å². The van der Waals surface area contributed by atoms with Crippen LogP contribution >= 0.6 is 0 Å². The number of fused-ring (bicyclic) bond motifs is 7. The summed E-state index contributed by atoms with van der Waals surface area (Å²) in [6.45, 7) is 0. The van der Waals surface area contributed by atoms with Gasteiger partial charge in [-0.15, -0.1) is 10.8 Å². The summed E-state index contributed by atoms with van der Waals surface area (Å²) < 4.78 is 8.81. The Kier molecular flexibility index (Phi) is 7.01. The van der Waals surface area contributed by atoms with E-state index >= 15 is 0 Å². The van der Waals surface area contributed by atoms with Gasteiger partial charge in [-0.05, 0) is 64.3 Å². The molecule has 0 radical (unpaired) electrons. The fraction of sp³-hybridized carbons (Fsp3) is 0.0238. The number of nitrogens with zero attached hydrogens (tertiary/aromatic N) is 3. The number of benzene rings is 6. The summed E-state index contributed by atoms with van der Waals surface area (Å²) in [5.41, 5.74) is 6.84. The molecule has 7 heteroatoms. The largest absolute Gasteiger partial charge is 2.00 e. The SMILES string of the molecule is CN1B(c2[c-]c([Si]3(c4[c-]c5c(cc4)c4ccccc4n5-c4ccccn4)c4ccccc4-c4ccccc43)ccc2)Oc2ccccc21.[Pt+2]. The molecule has 0 spiro atoms. The summed E-state index contributed by atoms with van der Waals surface area (Å²) in [6.07, 6.45) is 1.86. The van der Waals surface area contributed by atoms with Crippen molar-refractivity contribution in [2.24, 2.45) is 0 Å². The van der Waals surface area contributed by atoms with E-state index in [1.165, 1.54) is 42.6 Å². The van der Waals surface area contributed by atoms with Crippen LogP contribution in [0.4, 0.5) is 5.69 Å². The van der Waals surface area contributed by atoms with Crippen molar-refractivity contribution >= 4 is 68.8 Å². The molecule has 2 aliphatic rings. The third kappa shape index (κ3) is 4.24. The van der Waals surface area contributed by atoms with Crippen LogP contribution in [0.25, 0.3) is 38.8 Å². The first-order valence-electron chi connectivity index (χ1n) is 16.3. The van der Waals surface area contributed by atoms with E-state index in [0.29, 0.717) is 0 Å². The smallest absolute Gasteiger partial charge is 0.537 e. The Hall–Kier alpha value is -5.16. The predicted molar refractivity (Wildman–Crippen MR) is 200 cm³/mol. The van der Waals surface area contributed by atoms with Gasteiger partial charge in [-0.3, -0.25) is 0 Å². The topological polar surface area (TPSA) is 30.3 Å². The Labute approximate surface area is 301 Å². The average Bonchev–Trinajstić information content (AvgIpc) is 3.78. The van der Waals surface area contributed by atoms with E-state index in [1.54, 1.807) is 0 Å². The summed E-state index contributed by atoms with van der Waals surface area (Å²) in [7, 11) is -1.08. The summed E-state index contributed by atoms with van der Waals surface area (Å²) in [5.74, 6) is 1.78. The Balaban J connectivity index is 0.00000325. The maximum Gasteiger partial charge on any atom is 2.00 e. The van der Waals surface area contributed by atoms with E-state index in [1.807, 2.05) is 30.5 Å². The van der Waals surface area contributed by atoms with E-state index in [-0.39, 0.29) is 28.1 Å². The van der Waals surface area contributed by atoms with Gasteiger partial charge in [0.05, 0.1) is 5.69 Å². The van der Waals surface area contributed by atoms with Crippen LogP contribution in [0.2, 0.25) is 0 Å². The molecule has 234 valence electrons. The molecule has 2 aliphatic heterocycles. The second-order valence-electron chi connectivity index (χ2n) is 12.6. The van der Waals surface area contributed by atoms with Crippen LogP contribution in [0.3, 0.4) is 0 Å². The Morgan fingerprint density at radius 3 is 2.10 bits per heavy atom. The van der Waals surface area contributed by atoms with Gasteiger partial charge < -0.3 is 14.0 Å². The van der Waals surface area contributed by atoms with Crippen molar-refractivity contribution in [2.75, 3.05) is 11.9 Å². The summed E-state index contributed by atoms with van der Waals surface area (Å²) in [5, 5.41) is 7.48. The number of anilines is 1. The maximum atomic E-state index is 6.55. The van der Waals surface area contributed by atoms with E-state index in [0.717, 1.165) is 33.8 Å². The zero-order valence-electron chi connectivity index (χ0n) is 26.6. The molecule has 2 aromatic heterocycles. The van der Waals surface area contributed by atoms with Crippen LogP contribution in [0.5, 0.6) is 5.75 Å². The van der Waals surface area contributed by atoms with Gasteiger partial charge in [0.1, 0.15) is 19.6 Å². The van der Waals surface area contributed by atoms with Crippen LogP contribution in [0.15, 0.2) is 152 Å². The molecule has 6 aromatic carbocycles. The molecular weight excluding hydrogens is 796 g/mol. The van der Waals surface area contributed by atoms with Crippen molar-refractivity contribution in [3.05, 3.63) is 164 Å². The Bertz CT molecular complexity index is 2510. The van der Waals surface area contributed by atoms with Crippen molar-refractivity contribution < 1.29 is 25.7 Å². The molecule has 0 saturated carbocycles. The fourth-order valence-corrected chi connectivity index (χ4v) is 13.1. The first-order chi connectivity index (χ1) is 23.7. The minimum absolute atomic E-state index is 0. The molecule has 0 N–H and O–H groups in total. The van der Waals surface area contributed by atoms with E-state index in [9.17, 15) is 0 Å². The molecule has 4 nitrogen and oxygen atoms in total. The van der Waals surface area contributed by atoms with Crippen molar-refractivity contribution in [1.29, 1.82) is 0 Å². The second kappa shape index (κ2) is 11.5. The number of hydrogen-bond acceptors (Lipinski definition) is 3. The van der Waals surface area contributed by atoms with Gasteiger partial charge in [0.15, 0.2) is 0 Å². The Morgan fingerprint density at radius 1 is 0.633 bits per heavy atom. The zero-order valence-corrected chi connectivity index (χ0v) is 29.8. The predicted octanol–water partition coefficient (Wildman–Crippen LogP) is 5.36. The van der Waals surface area contributed by atoms with Crippen LogP contribution < -0.4 is 35.7 Å². The Morgan fingerprint density at radius 2 is 1.33 bits per heavy atom. The molecule has 0 atom stereocenters. The molecule has 4 heterocycles.